The van der Waals surface area contributed by atoms with Gasteiger partial charge in [0.05, 0.1) is 10.7 Å². The molecule has 2 heterocycles. The maximum Gasteiger partial charge on any atom is 0.126 e. The summed E-state index contributed by atoms with van der Waals surface area (Å²) in [5.41, 5.74) is 0.966. The zero-order valence-corrected chi connectivity index (χ0v) is 12.7. The Balaban J connectivity index is 2.04. The standard InChI is InChI=1S/C14H23ClN4/c1-4-11-9-19(8-7-18(11)3)10-13-12(15)5-6-14(16-2)17-13/h5-6,11H,4,7-10H2,1-3H3,(H,16,17). The molecule has 1 atom stereocenters. The molecule has 1 unspecified atom stereocenters. The number of aromatic nitrogens is 1. The summed E-state index contributed by atoms with van der Waals surface area (Å²) in [4.78, 5) is 9.44. The highest BCUT2D eigenvalue weighted by Crippen LogP contribution is 2.20. The van der Waals surface area contributed by atoms with E-state index in [9.17, 15) is 0 Å². The van der Waals surface area contributed by atoms with Crippen molar-refractivity contribution in [1.82, 2.24) is 14.8 Å². The van der Waals surface area contributed by atoms with Crippen molar-refractivity contribution in [3.05, 3.63) is 22.8 Å². The average molecular weight is 283 g/mol. The molecule has 1 aromatic heterocycles. The van der Waals surface area contributed by atoms with E-state index >= 15 is 0 Å². The number of halogens is 1. The Morgan fingerprint density at radius 1 is 1.42 bits per heavy atom. The molecule has 1 aliphatic rings. The molecule has 0 amide bonds. The van der Waals surface area contributed by atoms with E-state index < -0.39 is 0 Å². The first kappa shape index (κ1) is 14.6. The fraction of sp³-hybridized carbons (Fsp3) is 0.643. The third kappa shape index (κ3) is 3.59. The van der Waals surface area contributed by atoms with Crippen LogP contribution in [0.1, 0.15) is 19.0 Å². The summed E-state index contributed by atoms with van der Waals surface area (Å²) in [5.74, 6) is 0.876. The highest BCUT2D eigenvalue weighted by atomic mass is 35.5. The zero-order chi connectivity index (χ0) is 13.8. The van der Waals surface area contributed by atoms with Crippen LogP contribution in [0.15, 0.2) is 12.1 Å². The van der Waals surface area contributed by atoms with E-state index in [-0.39, 0.29) is 0 Å². The van der Waals surface area contributed by atoms with Gasteiger partial charge in [0.25, 0.3) is 0 Å². The van der Waals surface area contributed by atoms with Crippen molar-refractivity contribution in [2.75, 3.05) is 39.0 Å². The summed E-state index contributed by atoms with van der Waals surface area (Å²) in [6.07, 6.45) is 1.19. The molecule has 4 nitrogen and oxygen atoms in total. The molecule has 1 N–H and O–H groups in total. The van der Waals surface area contributed by atoms with Crippen molar-refractivity contribution < 1.29 is 0 Å². The number of pyridine rings is 1. The second kappa shape index (κ2) is 6.55. The quantitative estimate of drug-likeness (QED) is 0.918. The number of likely N-dealkylation sites (N-methyl/N-ethyl adjacent to an activating group) is 1. The second-order valence-corrected chi connectivity index (χ2v) is 5.56. The van der Waals surface area contributed by atoms with Gasteiger partial charge in [0.1, 0.15) is 5.82 Å². The molecule has 0 aromatic carbocycles. The smallest absolute Gasteiger partial charge is 0.126 e. The number of nitrogens with one attached hydrogen (secondary N) is 1. The summed E-state index contributed by atoms with van der Waals surface area (Å²) in [6, 6.07) is 4.47. The molecule has 0 aliphatic carbocycles. The molecule has 1 aliphatic heterocycles. The lowest BCUT2D eigenvalue weighted by Gasteiger charge is -2.39. The van der Waals surface area contributed by atoms with Gasteiger partial charge in [0, 0.05) is 39.3 Å². The van der Waals surface area contributed by atoms with Crippen LogP contribution in [0.2, 0.25) is 5.02 Å². The van der Waals surface area contributed by atoms with Gasteiger partial charge >= 0.3 is 0 Å². The minimum Gasteiger partial charge on any atom is -0.373 e. The first-order valence-electron chi connectivity index (χ1n) is 6.89. The van der Waals surface area contributed by atoms with E-state index in [0.717, 1.165) is 42.7 Å². The van der Waals surface area contributed by atoms with Crippen LogP contribution in [0.3, 0.4) is 0 Å². The lowest BCUT2D eigenvalue weighted by atomic mass is 10.1. The Hall–Kier alpha value is -0.840. The van der Waals surface area contributed by atoms with Crippen molar-refractivity contribution in [1.29, 1.82) is 0 Å². The highest BCUT2D eigenvalue weighted by Gasteiger charge is 2.23. The topological polar surface area (TPSA) is 31.4 Å². The number of rotatable bonds is 4. The third-order valence-corrected chi connectivity index (χ3v) is 4.22. The summed E-state index contributed by atoms with van der Waals surface area (Å²) < 4.78 is 0. The largest absolute Gasteiger partial charge is 0.373 e. The SMILES string of the molecule is CCC1CN(Cc2nc(NC)ccc2Cl)CCN1C. The Bertz CT molecular complexity index is 424. The molecule has 0 bridgehead atoms. The highest BCUT2D eigenvalue weighted by molar-refractivity contribution is 6.31. The second-order valence-electron chi connectivity index (χ2n) is 5.15. The van der Waals surface area contributed by atoms with Crippen LogP contribution in [0, 0.1) is 0 Å². The molecule has 106 valence electrons. The van der Waals surface area contributed by atoms with E-state index in [1.807, 2.05) is 19.2 Å². The first-order chi connectivity index (χ1) is 9.13. The van der Waals surface area contributed by atoms with E-state index in [2.05, 4.69) is 34.1 Å². The normalized spacial score (nSPS) is 21.6. The first-order valence-corrected chi connectivity index (χ1v) is 7.27. The van der Waals surface area contributed by atoms with Crippen LogP contribution in [-0.2, 0) is 6.54 Å². The van der Waals surface area contributed by atoms with Gasteiger partial charge in [-0.15, -0.1) is 0 Å². The Kier molecular flexibility index (Phi) is 5.02. The molecule has 5 heteroatoms. The fourth-order valence-corrected chi connectivity index (χ4v) is 2.71. The Morgan fingerprint density at radius 3 is 2.89 bits per heavy atom. The monoisotopic (exact) mass is 282 g/mol. The lowest BCUT2D eigenvalue weighted by molar-refractivity contribution is 0.0876. The van der Waals surface area contributed by atoms with E-state index in [4.69, 9.17) is 11.6 Å². The number of hydrogen-bond donors (Lipinski definition) is 1. The van der Waals surface area contributed by atoms with Crippen molar-refractivity contribution >= 4 is 17.4 Å². The van der Waals surface area contributed by atoms with Gasteiger partial charge < -0.3 is 10.2 Å². The van der Waals surface area contributed by atoms with E-state index in [1.165, 1.54) is 6.42 Å². The van der Waals surface area contributed by atoms with Crippen LogP contribution in [-0.4, -0.2) is 54.6 Å². The summed E-state index contributed by atoms with van der Waals surface area (Å²) >= 11 is 6.24. The lowest BCUT2D eigenvalue weighted by Crippen LogP contribution is -2.50. The van der Waals surface area contributed by atoms with E-state index in [0.29, 0.717) is 6.04 Å². The average Bonchev–Trinajstić information content (AvgIpc) is 2.43. The van der Waals surface area contributed by atoms with Crippen LogP contribution in [0.25, 0.3) is 0 Å². The third-order valence-electron chi connectivity index (χ3n) is 3.88. The summed E-state index contributed by atoms with van der Waals surface area (Å²) in [6.45, 7) is 6.36. The molecule has 0 radical (unpaired) electrons. The van der Waals surface area contributed by atoms with Crippen molar-refractivity contribution in [3.63, 3.8) is 0 Å². The van der Waals surface area contributed by atoms with Gasteiger partial charge in [0.2, 0.25) is 0 Å². The van der Waals surface area contributed by atoms with Gasteiger partial charge in [-0.1, -0.05) is 18.5 Å². The van der Waals surface area contributed by atoms with Gasteiger partial charge in [0.15, 0.2) is 0 Å². The van der Waals surface area contributed by atoms with Gasteiger partial charge in [-0.05, 0) is 25.6 Å². The summed E-state index contributed by atoms with van der Waals surface area (Å²) in [7, 11) is 4.08. The van der Waals surface area contributed by atoms with Crippen molar-refractivity contribution in [3.8, 4) is 0 Å². The van der Waals surface area contributed by atoms with Crippen LogP contribution in [0.4, 0.5) is 5.82 Å². The molecule has 0 spiro atoms. The van der Waals surface area contributed by atoms with Crippen LogP contribution in [0.5, 0.6) is 0 Å². The Morgan fingerprint density at radius 2 is 2.21 bits per heavy atom. The zero-order valence-electron chi connectivity index (χ0n) is 12.0. The van der Waals surface area contributed by atoms with Crippen molar-refractivity contribution in [2.45, 2.75) is 25.9 Å². The molecule has 1 fully saturated rings. The summed E-state index contributed by atoms with van der Waals surface area (Å²) in [5, 5.41) is 3.82. The predicted octanol–water partition coefficient (Wildman–Crippen LogP) is 2.30. The van der Waals surface area contributed by atoms with Crippen molar-refractivity contribution in [2.24, 2.45) is 0 Å². The molecule has 19 heavy (non-hydrogen) atoms. The maximum absolute atomic E-state index is 6.24. The molecule has 1 aromatic rings. The van der Waals surface area contributed by atoms with Gasteiger partial charge in [-0.2, -0.15) is 0 Å². The minimum atomic E-state index is 0.639. The molecule has 0 saturated carbocycles. The number of nitrogens with zero attached hydrogens (tertiary/aromatic N) is 3. The van der Waals surface area contributed by atoms with Crippen LogP contribution >= 0.6 is 11.6 Å². The molecule has 2 rings (SSSR count). The van der Waals surface area contributed by atoms with Gasteiger partial charge in [-0.3, -0.25) is 4.90 Å². The van der Waals surface area contributed by atoms with E-state index in [1.54, 1.807) is 0 Å². The predicted molar refractivity (Wildman–Crippen MR) is 80.8 cm³/mol. The fourth-order valence-electron chi connectivity index (χ4n) is 2.54. The number of hydrogen-bond acceptors (Lipinski definition) is 4. The van der Waals surface area contributed by atoms with Crippen LogP contribution < -0.4 is 5.32 Å². The van der Waals surface area contributed by atoms with Gasteiger partial charge in [-0.25, -0.2) is 4.98 Å². The maximum atomic E-state index is 6.24. The number of anilines is 1. The molecule has 1 saturated heterocycles. The Labute approximate surface area is 120 Å². The minimum absolute atomic E-state index is 0.639. The molecular formula is C14H23ClN4. The molecular weight excluding hydrogens is 260 g/mol. The number of piperazine rings is 1.